The normalized spacial score (nSPS) is 14.8. The fraction of sp³-hybridized carbons (Fsp3) is 0.348. The van der Waals surface area contributed by atoms with Crippen LogP contribution in [0, 0.1) is 5.82 Å². The molecular weight excluding hydrogens is 437 g/mol. The Morgan fingerprint density at radius 3 is 2.76 bits per heavy atom. The van der Waals surface area contributed by atoms with E-state index in [1.165, 1.54) is 17.0 Å². The van der Waals surface area contributed by atoms with Gasteiger partial charge in [-0.3, -0.25) is 4.79 Å². The summed E-state index contributed by atoms with van der Waals surface area (Å²) in [4.78, 5) is 22.6. The number of aromatic nitrogens is 2. The van der Waals surface area contributed by atoms with Crippen molar-refractivity contribution < 1.29 is 27.8 Å². The molecule has 1 aliphatic heterocycles. The summed E-state index contributed by atoms with van der Waals surface area (Å²) in [6.45, 7) is 1.94. The maximum absolute atomic E-state index is 15.0. The molecule has 0 fully saturated rings. The highest BCUT2D eigenvalue weighted by Gasteiger charge is 2.35. The lowest BCUT2D eigenvalue weighted by Gasteiger charge is -2.27. The maximum Gasteiger partial charge on any atom is 0.298 e. The lowest BCUT2D eigenvalue weighted by molar-refractivity contribution is -0.120. The van der Waals surface area contributed by atoms with E-state index in [1.54, 1.807) is 26.1 Å². The number of hydrogen-bond donors (Lipinski definition) is 2. The summed E-state index contributed by atoms with van der Waals surface area (Å²) in [5, 5.41) is 12.6. The third-order valence-electron chi connectivity index (χ3n) is 5.67. The van der Waals surface area contributed by atoms with Gasteiger partial charge in [-0.25, -0.2) is 14.4 Å². The van der Waals surface area contributed by atoms with Crippen molar-refractivity contribution in [1.29, 1.82) is 0 Å². The summed E-state index contributed by atoms with van der Waals surface area (Å²) < 4.78 is 48.5. The molecule has 1 atom stereocenters. The predicted molar refractivity (Wildman–Crippen MR) is 117 cm³/mol. The molecule has 0 saturated heterocycles. The molecule has 33 heavy (non-hydrogen) atoms. The van der Waals surface area contributed by atoms with Crippen LogP contribution in [-0.2, 0) is 17.1 Å². The molecule has 0 radical (unpaired) electrons. The number of rotatable bonds is 6. The number of carbonyl (C=O) groups excluding carboxylic acids is 1. The molecule has 2 aromatic carbocycles. The first-order valence-corrected chi connectivity index (χ1v) is 10.4. The van der Waals surface area contributed by atoms with Gasteiger partial charge in [0.2, 0.25) is 0 Å². The van der Waals surface area contributed by atoms with Crippen molar-refractivity contribution in [2.75, 3.05) is 30.5 Å². The number of hydrogen-bond acceptors (Lipinski definition) is 6. The van der Waals surface area contributed by atoms with Crippen LogP contribution in [0.3, 0.4) is 0 Å². The van der Waals surface area contributed by atoms with Gasteiger partial charge in [-0.15, -0.1) is 0 Å². The number of halogens is 3. The molecule has 0 bridgehead atoms. The number of ether oxygens (including phenoxy) is 1. The molecule has 2 heterocycles. The summed E-state index contributed by atoms with van der Waals surface area (Å²) in [6.07, 6.45) is 0.530. The standard InChI is InChI=1S/C23H23F3N4O3/c1-4-19-28-16-9-18-17(30(3)20(32)10-33-18)8-14(16)22(29-19)27-12(2)13-6-5-7-15(21(13)24)23(25,26)11-31/h5-9,12,31H,4,10-11H2,1-3H3,(H,27,28,29). The van der Waals surface area contributed by atoms with Gasteiger partial charge in [-0.2, -0.15) is 8.78 Å². The van der Waals surface area contributed by atoms with Gasteiger partial charge in [0.05, 0.1) is 22.8 Å². The van der Waals surface area contributed by atoms with Crippen LogP contribution in [0.4, 0.5) is 24.7 Å². The number of alkyl halides is 2. The van der Waals surface area contributed by atoms with E-state index in [1.807, 2.05) is 6.92 Å². The van der Waals surface area contributed by atoms with E-state index in [2.05, 4.69) is 15.3 Å². The number of benzene rings is 2. The van der Waals surface area contributed by atoms with E-state index in [0.29, 0.717) is 40.4 Å². The van der Waals surface area contributed by atoms with Crippen LogP contribution in [0.2, 0.25) is 0 Å². The fourth-order valence-corrected chi connectivity index (χ4v) is 3.74. The van der Waals surface area contributed by atoms with Crippen LogP contribution in [0.1, 0.15) is 36.8 Å². The summed E-state index contributed by atoms with van der Waals surface area (Å²) in [7, 11) is 1.63. The van der Waals surface area contributed by atoms with Gasteiger partial charge in [0.15, 0.2) is 6.61 Å². The molecule has 1 unspecified atom stereocenters. The van der Waals surface area contributed by atoms with E-state index in [-0.39, 0.29) is 18.1 Å². The second-order valence-electron chi connectivity index (χ2n) is 7.86. The van der Waals surface area contributed by atoms with E-state index in [4.69, 9.17) is 9.84 Å². The minimum Gasteiger partial charge on any atom is -0.481 e. The van der Waals surface area contributed by atoms with E-state index in [0.717, 1.165) is 6.07 Å². The number of likely N-dealkylation sites (N-methyl/N-ethyl adjacent to an activating group) is 1. The summed E-state index contributed by atoms with van der Waals surface area (Å²) in [6, 6.07) is 6.36. The topological polar surface area (TPSA) is 87.6 Å². The molecule has 1 aliphatic rings. The van der Waals surface area contributed by atoms with Crippen LogP contribution >= 0.6 is 0 Å². The molecule has 1 amide bonds. The maximum atomic E-state index is 15.0. The molecule has 174 valence electrons. The third kappa shape index (κ3) is 4.06. The van der Waals surface area contributed by atoms with Crippen LogP contribution in [0.25, 0.3) is 10.9 Å². The highest BCUT2D eigenvalue weighted by Crippen LogP contribution is 2.38. The molecule has 4 rings (SSSR count). The first kappa shape index (κ1) is 22.8. The van der Waals surface area contributed by atoms with Crippen LogP contribution in [0.15, 0.2) is 30.3 Å². The monoisotopic (exact) mass is 460 g/mol. The molecule has 3 aromatic rings. The minimum absolute atomic E-state index is 0.000903. The largest absolute Gasteiger partial charge is 0.481 e. The Bertz CT molecular complexity index is 1240. The van der Waals surface area contributed by atoms with E-state index in [9.17, 15) is 18.0 Å². The average molecular weight is 460 g/mol. The Labute approximate surface area is 188 Å². The van der Waals surface area contributed by atoms with Gasteiger partial charge in [-0.1, -0.05) is 19.1 Å². The fourth-order valence-electron chi connectivity index (χ4n) is 3.74. The zero-order chi connectivity index (χ0) is 23.9. The van der Waals surface area contributed by atoms with Gasteiger partial charge >= 0.3 is 0 Å². The first-order chi connectivity index (χ1) is 15.7. The van der Waals surface area contributed by atoms with Crippen molar-refractivity contribution in [3.05, 3.63) is 53.1 Å². The zero-order valence-corrected chi connectivity index (χ0v) is 18.3. The number of nitrogens with zero attached hydrogens (tertiary/aromatic N) is 3. The molecule has 0 aliphatic carbocycles. The van der Waals surface area contributed by atoms with Crippen LogP contribution in [0.5, 0.6) is 5.75 Å². The number of fused-ring (bicyclic) bond motifs is 2. The van der Waals surface area contributed by atoms with Crippen molar-refractivity contribution in [2.45, 2.75) is 32.2 Å². The highest BCUT2D eigenvalue weighted by molar-refractivity contribution is 6.02. The Morgan fingerprint density at radius 2 is 2.06 bits per heavy atom. The Morgan fingerprint density at radius 1 is 1.30 bits per heavy atom. The smallest absolute Gasteiger partial charge is 0.298 e. The Hall–Kier alpha value is -3.40. The van der Waals surface area contributed by atoms with Crippen molar-refractivity contribution >= 4 is 28.3 Å². The number of aliphatic hydroxyl groups is 1. The van der Waals surface area contributed by atoms with Gasteiger partial charge in [-0.05, 0) is 19.1 Å². The number of nitrogens with one attached hydrogen (secondary N) is 1. The lowest BCUT2D eigenvalue weighted by Crippen LogP contribution is -2.35. The summed E-state index contributed by atoms with van der Waals surface area (Å²) >= 11 is 0. The van der Waals surface area contributed by atoms with Gasteiger partial charge < -0.3 is 20.1 Å². The van der Waals surface area contributed by atoms with Crippen molar-refractivity contribution in [1.82, 2.24) is 9.97 Å². The van der Waals surface area contributed by atoms with Crippen molar-refractivity contribution in [2.24, 2.45) is 0 Å². The Balaban J connectivity index is 1.79. The van der Waals surface area contributed by atoms with E-state index < -0.39 is 30.0 Å². The Kier molecular flexibility index (Phi) is 5.87. The quantitative estimate of drug-likeness (QED) is 0.580. The molecule has 0 saturated carbocycles. The average Bonchev–Trinajstić information content (AvgIpc) is 2.80. The van der Waals surface area contributed by atoms with Gasteiger partial charge in [0.25, 0.3) is 11.8 Å². The van der Waals surface area contributed by atoms with Crippen molar-refractivity contribution in [3.63, 3.8) is 0 Å². The molecule has 0 spiro atoms. The lowest BCUT2D eigenvalue weighted by atomic mass is 10.00. The minimum atomic E-state index is -3.70. The first-order valence-electron chi connectivity index (χ1n) is 10.4. The van der Waals surface area contributed by atoms with Crippen LogP contribution < -0.4 is 15.0 Å². The zero-order valence-electron chi connectivity index (χ0n) is 18.3. The van der Waals surface area contributed by atoms with Gasteiger partial charge in [0.1, 0.15) is 29.8 Å². The van der Waals surface area contributed by atoms with Crippen molar-refractivity contribution in [3.8, 4) is 5.75 Å². The molecule has 7 nitrogen and oxygen atoms in total. The van der Waals surface area contributed by atoms with Crippen LogP contribution in [-0.4, -0.2) is 41.2 Å². The number of anilines is 2. The third-order valence-corrected chi connectivity index (χ3v) is 5.67. The number of aliphatic hydroxyl groups excluding tert-OH is 1. The molecule has 1 aromatic heterocycles. The van der Waals surface area contributed by atoms with Gasteiger partial charge in [0, 0.05) is 30.5 Å². The summed E-state index contributed by atoms with van der Waals surface area (Å²) in [5.74, 6) is -3.60. The second-order valence-corrected chi connectivity index (χ2v) is 7.86. The summed E-state index contributed by atoms with van der Waals surface area (Å²) in [5.41, 5.74) is 0.237. The molecule has 10 heteroatoms. The SMILES string of the molecule is CCc1nc(NC(C)c2cccc(C(F)(F)CO)c2F)c2cc3c(cc2n1)OCC(=O)N3C. The number of amides is 1. The molecule has 2 N–H and O–H groups in total. The molecular formula is C23H23F3N4O3. The number of aryl methyl sites for hydroxylation is 1. The number of carbonyl (C=O) groups is 1. The predicted octanol–water partition coefficient (Wildman–Crippen LogP) is 3.94. The second kappa shape index (κ2) is 8.51. The van der Waals surface area contributed by atoms with E-state index >= 15 is 0 Å². The highest BCUT2D eigenvalue weighted by atomic mass is 19.3.